The molecule has 1 aliphatic heterocycles. The van der Waals surface area contributed by atoms with Crippen LogP contribution in [0.25, 0.3) is 0 Å². The van der Waals surface area contributed by atoms with Crippen molar-refractivity contribution in [3.8, 4) is 0 Å². The molecule has 0 atom stereocenters. The highest BCUT2D eigenvalue weighted by atomic mass is 32.1. The summed E-state index contributed by atoms with van der Waals surface area (Å²) in [4.78, 5) is 16.9. The number of hydrogen-bond acceptors (Lipinski definition) is 3. The Kier molecular flexibility index (Phi) is 4.21. The monoisotopic (exact) mass is 314 g/mol. The van der Waals surface area contributed by atoms with Crippen LogP contribution in [0.4, 0.5) is 11.4 Å². The van der Waals surface area contributed by atoms with Gasteiger partial charge in [0.25, 0.3) is 5.91 Å². The summed E-state index contributed by atoms with van der Waals surface area (Å²) < 4.78 is 0. The van der Waals surface area contributed by atoms with Gasteiger partial charge in [0.1, 0.15) is 0 Å². The summed E-state index contributed by atoms with van der Waals surface area (Å²) in [6, 6.07) is 8.24. The summed E-state index contributed by atoms with van der Waals surface area (Å²) >= 11 is 1.59. The lowest BCUT2D eigenvalue weighted by molar-refractivity contribution is 0.103. The van der Waals surface area contributed by atoms with Gasteiger partial charge in [-0.1, -0.05) is 13.0 Å². The van der Waals surface area contributed by atoms with Crippen LogP contribution in [0, 0.1) is 6.92 Å². The van der Waals surface area contributed by atoms with Crippen LogP contribution in [-0.4, -0.2) is 19.0 Å². The molecule has 0 radical (unpaired) electrons. The minimum Gasteiger partial charge on any atom is -0.371 e. The molecule has 4 heteroatoms. The van der Waals surface area contributed by atoms with Gasteiger partial charge in [-0.25, -0.2) is 0 Å². The number of amides is 1. The van der Waals surface area contributed by atoms with Crippen molar-refractivity contribution in [2.45, 2.75) is 33.6 Å². The van der Waals surface area contributed by atoms with Crippen LogP contribution in [0.3, 0.4) is 0 Å². The minimum absolute atomic E-state index is 0.00574. The second-order valence-electron chi connectivity index (χ2n) is 5.70. The Bertz CT molecular complexity index is 705. The van der Waals surface area contributed by atoms with Gasteiger partial charge in [0.05, 0.1) is 4.88 Å². The molecule has 2 heterocycles. The van der Waals surface area contributed by atoms with E-state index in [9.17, 15) is 4.79 Å². The molecule has 0 saturated heterocycles. The first-order chi connectivity index (χ1) is 10.6. The third kappa shape index (κ3) is 2.75. The molecule has 0 bridgehead atoms. The van der Waals surface area contributed by atoms with E-state index in [-0.39, 0.29) is 5.91 Å². The zero-order chi connectivity index (χ0) is 15.7. The van der Waals surface area contributed by atoms with Gasteiger partial charge in [-0.2, -0.15) is 0 Å². The molecule has 116 valence electrons. The van der Waals surface area contributed by atoms with Crippen molar-refractivity contribution in [3.63, 3.8) is 0 Å². The lowest BCUT2D eigenvalue weighted by Crippen LogP contribution is -2.19. The van der Waals surface area contributed by atoms with Gasteiger partial charge in [0, 0.05) is 29.3 Å². The van der Waals surface area contributed by atoms with Crippen molar-refractivity contribution in [2.75, 3.05) is 23.3 Å². The van der Waals surface area contributed by atoms with Crippen LogP contribution in [0.1, 0.15) is 39.5 Å². The number of nitrogens with one attached hydrogen (secondary N) is 1. The van der Waals surface area contributed by atoms with Gasteiger partial charge >= 0.3 is 0 Å². The van der Waals surface area contributed by atoms with E-state index in [1.807, 2.05) is 12.1 Å². The molecule has 1 aromatic heterocycles. The quantitative estimate of drug-likeness (QED) is 0.915. The minimum atomic E-state index is -0.00574. The summed E-state index contributed by atoms with van der Waals surface area (Å²) in [5, 5.41) is 3.04. The van der Waals surface area contributed by atoms with E-state index in [0.717, 1.165) is 36.5 Å². The van der Waals surface area contributed by atoms with Crippen LogP contribution in [0.15, 0.2) is 24.3 Å². The van der Waals surface area contributed by atoms with Crippen molar-refractivity contribution in [2.24, 2.45) is 0 Å². The number of rotatable bonds is 4. The fourth-order valence-electron chi connectivity index (χ4n) is 3.03. The first-order valence-corrected chi connectivity index (χ1v) is 8.72. The highest BCUT2D eigenvalue weighted by Crippen LogP contribution is 2.31. The summed E-state index contributed by atoms with van der Waals surface area (Å²) in [6.45, 7) is 8.45. The van der Waals surface area contributed by atoms with E-state index < -0.39 is 0 Å². The Balaban J connectivity index is 1.79. The molecule has 1 amide bonds. The van der Waals surface area contributed by atoms with E-state index in [4.69, 9.17) is 0 Å². The first-order valence-electron chi connectivity index (χ1n) is 7.91. The topological polar surface area (TPSA) is 32.3 Å². The van der Waals surface area contributed by atoms with Gasteiger partial charge in [-0.05, 0) is 56.0 Å². The van der Waals surface area contributed by atoms with Gasteiger partial charge in [-0.15, -0.1) is 11.3 Å². The van der Waals surface area contributed by atoms with Gasteiger partial charge < -0.3 is 10.2 Å². The van der Waals surface area contributed by atoms with Crippen molar-refractivity contribution >= 4 is 28.6 Å². The number of anilines is 2. The number of fused-ring (bicyclic) bond motifs is 1. The third-order valence-electron chi connectivity index (χ3n) is 4.28. The third-order valence-corrected chi connectivity index (χ3v) is 5.66. The Morgan fingerprint density at radius 2 is 2.14 bits per heavy atom. The largest absolute Gasteiger partial charge is 0.371 e. The molecule has 3 nitrogen and oxygen atoms in total. The number of carbonyl (C=O) groups excluding carboxylic acids is 1. The average molecular weight is 314 g/mol. The van der Waals surface area contributed by atoms with Crippen LogP contribution < -0.4 is 10.2 Å². The van der Waals surface area contributed by atoms with Gasteiger partial charge in [0.2, 0.25) is 0 Å². The van der Waals surface area contributed by atoms with Crippen molar-refractivity contribution in [1.82, 2.24) is 0 Å². The number of likely N-dealkylation sites (N-methyl/N-ethyl adjacent to an activating group) is 1. The Morgan fingerprint density at radius 1 is 1.32 bits per heavy atom. The molecule has 22 heavy (non-hydrogen) atoms. The molecule has 3 rings (SSSR count). The standard InChI is InChI=1S/C18H22N2OS/c1-4-16-12(3)10-17(22-16)18(21)19-14-7-6-13-8-9-20(5-2)15(13)11-14/h6-7,10-11H,4-5,8-9H2,1-3H3,(H,19,21). The maximum absolute atomic E-state index is 12.4. The van der Waals surface area contributed by atoms with Gasteiger partial charge in [0.15, 0.2) is 0 Å². The van der Waals surface area contributed by atoms with E-state index >= 15 is 0 Å². The average Bonchev–Trinajstić information content (AvgIpc) is 3.09. The molecule has 0 fully saturated rings. The fourth-order valence-corrected chi connectivity index (χ4v) is 4.04. The Morgan fingerprint density at radius 3 is 2.82 bits per heavy atom. The van der Waals surface area contributed by atoms with Crippen LogP contribution >= 0.6 is 11.3 Å². The highest BCUT2D eigenvalue weighted by molar-refractivity contribution is 7.14. The predicted molar refractivity (Wildman–Crippen MR) is 94.4 cm³/mol. The first kappa shape index (κ1) is 15.1. The van der Waals surface area contributed by atoms with Crippen LogP contribution in [0.2, 0.25) is 0 Å². The number of aryl methyl sites for hydroxylation is 2. The normalized spacial score (nSPS) is 13.3. The number of carbonyl (C=O) groups is 1. The molecule has 1 aromatic carbocycles. The maximum Gasteiger partial charge on any atom is 0.265 e. The fraction of sp³-hybridized carbons (Fsp3) is 0.389. The molecule has 0 spiro atoms. The number of benzene rings is 1. The number of thiophene rings is 1. The van der Waals surface area contributed by atoms with Crippen LogP contribution in [-0.2, 0) is 12.8 Å². The van der Waals surface area contributed by atoms with Crippen molar-refractivity contribution in [1.29, 1.82) is 0 Å². The zero-order valence-electron chi connectivity index (χ0n) is 13.4. The van der Waals surface area contributed by atoms with Crippen LogP contribution in [0.5, 0.6) is 0 Å². The molecule has 0 unspecified atom stereocenters. The molecule has 1 N–H and O–H groups in total. The summed E-state index contributed by atoms with van der Waals surface area (Å²) in [7, 11) is 0. The summed E-state index contributed by atoms with van der Waals surface area (Å²) in [5.74, 6) is -0.00574. The number of hydrogen-bond donors (Lipinski definition) is 1. The van der Waals surface area contributed by atoms with E-state index in [1.54, 1.807) is 11.3 Å². The molecule has 0 saturated carbocycles. The van der Waals surface area contributed by atoms with E-state index in [0.29, 0.717) is 0 Å². The zero-order valence-corrected chi connectivity index (χ0v) is 14.2. The Hall–Kier alpha value is -1.81. The molecular weight excluding hydrogens is 292 g/mol. The molecule has 0 aliphatic carbocycles. The SMILES string of the molecule is CCc1sc(C(=O)Nc2ccc3c(c2)N(CC)CC3)cc1C. The highest BCUT2D eigenvalue weighted by Gasteiger charge is 2.18. The number of nitrogens with zero attached hydrogens (tertiary/aromatic N) is 1. The smallest absolute Gasteiger partial charge is 0.265 e. The second-order valence-corrected chi connectivity index (χ2v) is 6.83. The van der Waals surface area contributed by atoms with Gasteiger partial charge in [-0.3, -0.25) is 4.79 Å². The maximum atomic E-state index is 12.4. The van der Waals surface area contributed by atoms with Crippen molar-refractivity contribution in [3.05, 3.63) is 45.1 Å². The van der Waals surface area contributed by atoms with E-state index in [1.165, 1.54) is 21.7 Å². The second kappa shape index (κ2) is 6.13. The lowest BCUT2D eigenvalue weighted by atomic mass is 10.1. The lowest BCUT2D eigenvalue weighted by Gasteiger charge is -2.17. The Labute approximate surface area is 136 Å². The predicted octanol–water partition coefficient (Wildman–Crippen LogP) is 4.25. The van der Waals surface area contributed by atoms with E-state index in [2.05, 4.69) is 43.1 Å². The molecule has 2 aromatic rings. The summed E-state index contributed by atoms with van der Waals surface area (Å²) in [5.41, 5.74) is 4.73. The molecular formula is C18H22N2OS. The molecule has 1 aliphatic rings. The summed E-state index contributed by atoms with van der Waals surface area (Å²) in [6.07, 6.45) is 2.08. The van der Waals surface area contributed by atoms with Crippen molar-refractivity contribution < 1.29 is 4.79 Å².